The Morgan fingerprint density at radius 2 is 2.09 bits per heavy atom. The lowest BCUT2D eigenvalue weighted by atomic mass is 9.89. The molecule has 1 aliphatic heterocycles. The van der Waals surface area contributed by atoms with Gasteiger partial charge in [-0.1, -0.05) is 22.9 Å². The van der Waals surface area contributed by atoms with Crippen molar-refractivity contribution in [2.75, 3.05) is 25.0 Å². The van der Waals surface area contributed by atoms with Crippen molar-refractivity contribution in [2.24, 2.45) is 0 Å². The number of anilines is 1. The number of aliphatic hydroxyl groups is 2. The molecule has 1 saturated heterocycles. The van der Waals surface area contributed by atoms with Gasteiger partial charge in [-0.15, -0.1) is 0 Å². The molecule has 0 spiro atoms. The maximum Gasteiger partial charge on any atom is 0.323 e. The molecule has 11 heteroatoms. The summed E-state index contributed by atoms with van der Waals surface area (Å²) in [5.41, 5.74) is -0.495. The number of likely N-dealkylation sites (tertiary alicyclic amines) is 1. The largest absolute Gasteiger partial charge is 0.394 e. The number of nitrogens with one attached hydrogen (secondary N) is 1. The number of urea groups is 1. The third-order valence-corrected chi connectivity index (χ3v) is 6.63. The van der Waals surface area contributed by atoms with Crippen LogP contribution in [-0.2, 0) is 12.1 Å². The van der Waals surface area contributed by atoms with E-state index >= 15 is 4.39 Å². The summed E-state index contributed by atoms with van der Waals surface area (Å²) in [6, 6.07) is 5.34. The molecule has 1 aromatic carbocycles. The highest BCUT2D eigenvalue weighted by Crippen LogP contribution is 2.39. The molecule has 3 aromatic rings. The topological polar surface area (TPSA) is 98.6 Å². The number of carbonyl (C=O) groups is 1. The molecule has 7 nitrogen and oxygen atoms in total. The SMILES string of the molecule is O=C(Nc1nc2ccc(F)cc2s1)N1CCC(F)(c2ncc(C[C@H](O)CO)cc2Cl)CC1. The zero-order valence-electron chi connectivity index (χ0n) is 16.9. The minimum Gasteiger partial charge on any atom is -0.394 e. The number of aliphatic hydroxyl groups excluding tert-OH is 2. The molecule has 32 heavy (non-hydrogen) atoms. The lowest BCUT2D eigenvalue weighted by Gasteiger charge is -2.36. The van der Waals surface area contributed by atoms with E-state index in [0.29, 0.717) is 20.9 Å². The van der Waals surface area contributed by atoms with E-state index in [4.69, 9.17) is 16.7 Å². The van der Waals surface area contributed by atoms with E-state index in [1.165, 1.54) is 23.2 Å². The van der Waals surface area contributed by atoms with Crippen LogP contribution in [0.15, 0.2) is 30.5 Å². The number of carbonyl (C=O) groups excluding carboxylic acids is 1. The predicted octanol–water partition coefficient (Wildman–Crippen LogP) is 3.87. The van der Waals surface area contributed by atoms with Crippen LogP contribution in [-0.4, -0.2) is 56.9 Å². The Morgan fingerprint density at radius 1 is 1.34 bits per heavy atom. The molecule has 1 fully saturated rings. The highest BCUT2D eigenvalue weighted by atomic mass is 35.5. The first-order valence-corrected chi connectivity index (χ1v) is 11.2. The minimum absolute atomic E-state index is 0.0246. The summed E-state index contributed by atoms with van der Waals surface area (Å²) in [5.74, 6) is -0.376. The number of amides is 2. The van der Waals surface area contributed by atoms with Crippen molar-refractivity contribution >= 4 is 44.3 Å². The molecule has 0 radical (unpaired) electrons. The monoisotopic (exact) mass is 482 g/mol. The van der Waals surface area contributed by atoms with Gasteiger partial charge in [0.25, 0.3) is 0 Å². The molecule has 170 valence electrons. The molecule has 1 aliphatic rings. The quantitative estimate of drug-likeness (QED) is 0.512. The van der Waals surface area contributed by atoms with Crippen molar-refractivity contribution in [2.45, 2.75) is 31.0 Å². The van der Waals surface area contributed by atoms with Gasteiger partial charge >= 0.3 is 6.03 Å². The highest BCUT2D eigenvalue weighted by molar-refractivity contribution is 7.22. The van der Waals surface area contributed by atoms with Crippen molar-refractivity contribution in [3.05, 3.63) is 52.6 Å². The second-order valence-corrected chi connectivity index (χ2v) is 9.17. The van der Waals surface area contributed by atoms with Gasteiger partial charge in [0, 0.05) is 38.5 Å². The van der Waals surface area contributed by atoms with Gasteiger partial charge < -0.3 is 15.1 Å². The third kappa shape index (κ3) is 4.83. The number of aromatic nitrogens is 2. The minimum atomic E-state index is -1.78. The summed E-state index contributed by atoms with van der Waals surface area (Å²) in [4.78, 5) is 22.5. The summed E-state index contributed by atoms with van der Waals surface area (Å²) in [5, 5.41) is 21.7. The van der Waals surface area contributed by atoms with Crippen LogP contribution in [0.4, 0.5) is 18.7 Å². The summed E-state index contributed by atoms with van der Waals surface area (Å²) in [7, 11) is 0. The molecule has 0 bridgehead atoms. The Hall–Kier alpha value is -2.40. The van der Waals surface area contributed by atoms with E-state index < -0.39 is 24.4 Å². The average molecular weight is 483 g/mol. The van der Waals surface area contributed by atoms with Crippen LogP contribution in [0.2, 0.25) is 5.02 Å². The van der Waals surface area contributed by atoms with E-state index in [2.05, 4.69) is 15.3 Å². The fourth-order valence-electron chi connectivity index (χ4n) is 3.68. The number of halogens is 3. The van der Waals surface area contributed by atoms with E-state index in [0.717, 1.165) is 11.3 Å². The summed E-state index contributed by atoms with van der Waals surface area (Å²) in [6.07, 6.45) is 0.716. The van der Waals surface area contributed by atoms with Crippen LogP contribution in [0, 0.1) is 5.82 Å². The van der Waals surface area contributed by atoms with E-state index in [1.54, 1.807) is 12.1 Å². The average Bonchev–Trinajstić information content (AvgIpc) is 3.15. The number of thiazole rings is 1. The van der Waals surface area contributed by atoms with Crippen molar-refractivity contribution in [1.29, 1.82) is 0 Å². The number of hydrogen-bond acceptors (Lipinski definition) is 6. The third-order valence-electron chi connectivity index (χ3n) is 5.41. The van der Waals surface area contributed by atoms with Crippen molar-refractivity contribution in [3.63, 3.8) is 0 Å². The van der Waals surface area contributed by atoms with Gasteiger partial charge in [-0.25, -0.2) is 18.6 Å². The maximum atomic E-state index is 15.6. The number of piperidine rings is 1. The zero-order valence-corrected chi connectivity index (χ0v) is 18.5. The Bertz CT molecular complexity index is 1140. The second-order valence-electron chi connectivity index (χ2n) is 7.73. The highest BCUT2D eigenvalue weighted by Gasteiger charge is 2.40. The molecule has 0 saturated carbocycles. The summed E-state index contributed by atoms with van der Waals surface area (Å²) < 4.78 is 29.6. The number of alkyl halides is 1. The number of pyridine rings is 1. The fourth-order valence-corrected chi connectivity index (χ4v) is 4.92. The van der Waals surface area contributed by atoms with E-state index in [9.17, 15) is 14.3 Å². The first kappa shape index (κ1) is 22.8. The van der Waals surface area contributed by atoms with Crippen molar-refractivity contribution < 1.29 is 23.8 Å². The van der Waals surface area contributed by atoms with E-state index in [1.807, 2.05) is 0 Å². The number of hydrogen-bond donors (Lipinski definition) is 3. The zero-order chi connectivity index (χ0) is 22.9. The second kappa shape index (κ2) is 9.22. The van der Waals surface area contributed by atoms with E-state index in [-0.39, 0.29) is 48.9 Å². The number of benzene rings is 1. The fraction of sp³-hybridized carbons (Fsp3) is 0.381. The van der Waals surface area contributed by atoms with Crippen molar-refractivity contribution in [3.8, 4) is 0 Å². The lowest BCUT2D eigenvalue weighted by Crippen LogP contribution is -2.45. The van der Waals surface area contributed by atoms with Gasteiger partial charge in [-0.3, -0.25) is 10.3 Å². The number of fused-ring (bicyclic) bond motifs is 1. The van der Waals surface area contributed by atoms with Gasteiger partial charge in [0.2, 0.25) is 0 Å². The van der Waals surface area contributed by atoms with Crippen LogP contribution < -0.4 is 5.32 Å². The molecular weight excluding hydrogens is 462 g/mol. The Labute approximate surface area is 191 Å². The van der Waals surface area contributed by atoms with Gasteiger partial charge in [0.05, 0.1) is 33.6 Å². The Kier molecular flexibility index (Phi) is 6.57. The summed E-state index contributed by atoms with van der Waals surface area (Å²) >= 11 is 7.43. The molecule has 2 aromatic heterocycles. The molecule has 1 atom stereocenters. The Morgan fingerprint density at radius 3 is 2.78 bits per heavy atom. The van der Waals surface area contributed by atoms with Gasteiger partial charge in [0.1, 0.15) is 5.82 Å². The molecule has 3 heterocycles. The normalized spacial score (nSPS) is 16.8. The van der Waals surface area contributed by atoms with Gasteiger partial charge in [0.15, 0.2) is 10.8 Å². The van der Waals surface area contributed by atoms with Gasteiger partial charge in [-0.05, 0) is 29.8 Å². The standard InChI is InChI=1S/C21H21ClF2N4O3S/c22-15-8-12(7-14(30)11-29)10-25-18(15)21(24)3-5-28(6-4-21)20(31)27-19-26-16-2-1-13(23)9-17(16)32-19/h1-2,8-10,14,29-30H,3-7,11H2,(H,26,27,31)/t14-/m0/s1. The summed E-state index contributed by atoms with van der Waals surface area (Å²) in [6.45, 7) is -0.0755. The lowest BCUT2D eigenvalue weighted by molar-refractivity contribution is 0.0683. The number of rotatable bonds is 5. The first-order chi connectivity index (χ1) is 15.3. The van der Waals surface area contributed by atoms with Crippen LogP contribution in [0.3, 0.4) is 0 Å². The van der Waals surface area contributed by atoms with Crippen molar-refractivity contribution in [1.82, 2.24) is 14.9 Å². The molecule has 0 unspecified atom stereocenters. The maximum absolute atomic E-state index is 15.6. The molecular formula is C21H21ClF2N4O3S. The van der Waals surface area contributed by atoms with Crippen LogP contribution in [0.1, 0.15) is 24.1 Å². The Balaban J connectivity index is 1.39. The number of nitrogens with zero attached hydrogens (tertiary/aromatic N) is 3. The van der Waals surface area contributed by atoms with Crippen LogP contribution >= 0.6 is 22.9 Å². The first-order valence-electron chi connectivity index (χ1n) is 10.0. The van der Waals surface area contributed by atoms with Crippen LogP contribution in [0.25, 0.3) is 10.2 Å². The smallest absolute Gasteiger partial charge is 0.323 e. The molecule has 0 aliphatic carbocycles. The molecule has 2 amide bonds. The van der Waals surface area contributed by atoms with Crippen LogP contribution in [0.5, 0.6) is 0 Å². The predicted molar refractivity (Wildman–Crippen MR) is 118 cm³/mol. The van der Waals surface area contributed by atoms with Gasteiger partial charge in [-0.2, -0.15) is 0 Å². The molecule has 4 rings (SSSR count). The molecule has 3 N–H and O–H groups in total.